The van der Waals surface area contributed by atoms with E-state index in [-0.39, 0.29) is 0 Å². The molecule has 0 spiro atoms. The number of nitrogens with zero attached hydrogens (tertiary/aromatic N) is 1. The first-order chi connectivity index (χ1) is 9.76. The quantitative estimate of drug-likeness (QED) is 0.767. The van der Waals surface area contributed by atoms with Crippen molar-refractivity contribution in [3.8, 4) is 0 Å². The molecule has 1 aliphatic carbocycles. The Morgan fingerprint density at radius 2 is 1.86 bits per heavy atom. The molecule has 21 heavy (non-hydrogen) atoms. The van der Waals surface area contributed by atoms with E-state index >= 15 is 0 Å². The Morgan fingerprint density at radius 1 is 1.19 bits per heavy atom. The minimum absolute atomic E-state index is 0.327. The van der Waals surface area contributed by atoms with Crippen LogP contribution in [0.15, 0.2) is 0 Å². The molecule has 3 unspecified atom stereocenters. The van der Waals surface area contributed by atoms with Gasteiger partial charge in [0.15, 0.2) is 0 Å². The molecule has 2 nitrogen and oxygen atoms in total. The minimum Gasteiger partial charge on any atom is -0.314 e. The van der Waals surface area contributed by atoms with E-state index in [2.05, 4.69) is 26.1 Å². The summed E-state index contributed by atoms with van der Waals surface area (Å²) in [6.45, 7) is 9.45. The maximum atomic E-state index is 12.6. The third kappa shape index (κ3) is 6.55. The molecular weight excluding hydrogens is 277 g/mol. The van der Waals surface area contributed by atoms with Crippen molar-refractivity contribution < 1.29 is 13.2 Å². The zero-order chi connectivity index (χ0) is 16.0. The van der Waals surface area contributed by atoms with E-state index in [1.54, 1.807) is 4.90 Å². The molecule has 0 heterocycles. The van der Waals surface area contributed by atoms with Crippen molar-refractivity contribution in [2.24, 2.45) is 17.8 Å². The maximum Gasteiger partial charge on any atom is 0.401 e. The van der Waals surface area contributed by atoms with Crippen LogP contribution in [-0.2, 0) is 0 Å². The Morgan fingerprint density at radius 3 is 2.33 bits per heavy atom. The van der Waals surface area contributed by atoms with Crippen molar-refractivity contribution in [3.05, 3.63) is 0 Å². The van der Waals surface area contributed by atoms with Crippen LogP contribution < -0.4 is 5.32 Å². The van der Waals surface area contributed by atoms with Crippen LogP contribution in [0.5, 0.6) is 0 Å². The van der Waals surface area contributed by atoms with Crippen LogP contribution in [0, 0.1) is 17.8 Å². The summed E-state index contributed by atoms with van der Waals surface area (Å²) in [5, 5.41) is 3.48. The smallest absolute Gasteiger partial charge is 0.314 e. The van der Waals surface area contributed by atoms with Gasteiger partial charge < -0.3 is 5.32 Å². The van der Waals surface area contributed by atoms with Crippen molar-refractivity contribution in [3.63, 3.8) is 0 Å². The molecule has 126 valence electrons. The van der Waals surface area contributed by atoms with E-state index in [4.69, 9.17) is 0 Å². The number of alkyl halides is 3. The van der Waals surface area contributed by atoms with Crippen molar-refractivity contribution in [2.75, 3.05) is 26.2 Å². The van der Waals surface area contributed by atoms with Gasteiger partial charge in [-0.05, 0) is 50.1 Å². The predicted octanol–water partition coefficient (Wildman–Crippen LogP) is 3.92. The van der Waals surface area contributed by atoms with Gasteiger partial charge >= 0.3 is 6.18 Å². The fourth-order valence-corrected chi connectivity index (χ4v) is 3.53. The van der Waals surface area contributed by atoms with E-state index < -0.39 is 12.7 Å². The lowest BCUT2D eigenvalue weighted by Crippen LogP contribution is -2.48. The minimum atomic E-state index is -4.10. The van der Waals surface area contributed by atoms with Gasteiger partial charge in [0.25, 0.3) is 0 Å². The summed E-state index contributed by atoms with van der Waals surface area (Å²) in [6.07, 6.45) is -0.776. The summed E-state index contributed by atoms with van der Waals surface area (Å²) in [7, 11) is 0. The Kier molecular flexibility index (Phi) is 7.48. The summed E-state index contributed by atoms with van der Waals surface area (Å²) >= 11 is 0. The van der Waals surface area contributed by atoms with Gasteiger partial charge in [-0.2, -0.15) is 13.2 Å². The number of hydrogen-bond donors (Lipinski definition) is 1. The van der Waals surface area contributed by atoms with Gasteiger partial charge in [0, 0.05) is 12.6 Å². The standard InChI is InChI=1S/C16H31F3N2/c1-5-20-15-8-7-13(12(3)4)9-14(15)10-21(6-2)11-16(17,18)19/h12-15,20H,5-11H2,1-4H3. The molecule has 0 aromatic rings. The number of rotatable bonds is 7. The van der Waals surface area contributed by atoms with E-state index in [0.717, 1.165) is 19.4 Å². The Bertz CT molecular complexity index is 292. The van der Waals surface area contributed by atoms with Gasteiger partial charge in [0.2, 0.25) is 0 Å². The van der Waals surface area contributed by atoms with E-state index in [1.165, 1.54) is 6.42 Å². The lowest BCUT2D eigenvalue weighted by atomic mass is 9.73. The number of nitrogens with one attached hydrogen (secondary N) is 1. The average molecular weight is 308 g/mol. The van der Waals surface area contributed by atoms with Crippen LogP contribution >= 0.6 is 0 Å². The molecule has 0 aliphatic heterocycles. The van der Waals surface area contributed by atoms with E-state index in [1.807, 2.05) is 6.92 Å². The van der Waals surface area contributed by atoms with Gasteiger partial charge in [0.05, 0.1) is 6.54 Å². The Labute approximate surface area is 127 Å². The Hall–Kier alpha value is -0.290. The molecule has 0 aromatic heterocycles. The van der Waals surface area contributed by atoms with Gasteiger partial charge in [-0.1, -0.05) is 27.7 Å². The summed E-state index contributed by atoms with van der Waals surface area (Å²) in [5.41, 5.74) is 0. The fourth-order valence-electron chi connectivity index (χ4n) is 3.53. The number of hydrogen-bond acceptors (Lipinski definition) is 2. The molecule has 0 aromatic carbocycles. The van der Waals surface area contributed by atoms with Crippen LogP contribution in [0.25, 0.3) is 0 Å². The summed E-state index contributed by atoms with van der Waals surface area (Å²) in [6, 6.07) is 0.368. The molecule has 0 saturated heterocycles. The first kappa shape index (κ1) is 18.8. The Balaban J connectivity index is 2.67. The van der Waals surface area contributed by atoms with Crippen molar-refractivity contribution in [1.82, 2.24) is 10.2 Å². The van der Waals surface area contributed by atoms with Gasteiger partial charge in [-0.3, -0.25) is 4.90 Å². The average Bonchev–Trinajstić information content (AvgIpc) is 2.38. The molecule has 0 amide bonds. The van der Waals surface area contributed by atoms with Gasteiger partial charge in [-0.25, -0.2) is 0 Å². The highest BCUT2D eigenvalue weighted by atomic mass is 19.4. The van der Waals surface area contributed by atoms with Crippen LogP contribution in [0.3, 0.4) is 0 Å². The lowest BCUT2D eigenvalue weighted by Gasteiger charge is -2.40. The van der Waals surface area contributed by atoms with Gasteiger partial charge in [0.1, 0.15) is 0 Å². The highest BCUT2D eigenvalue weighted by Gasteiger charge is 2.35. The summed E-state index contributed by atoms with van der Waals surface area (Å²) in [5.74, 6) is 1.59. The second-order valence-corrected chi connectivity index (χ2v) is 6.68. The molecule has 1 fully saturated rings. The zero-order valence-electron chi connectivity index (χ0n) is 13.8. The second-order valence-electron chi connectivity index (χ2n) is 6.68. The van der Waals surface area contributed by atoms with Crippen LogP contribution in [0.2, 0.25) is 0 Å². The topological polar surface area (TPSA) is 15.3 Å². The third-order valence-electron chi connectivity index (χ3n) is 4.77. The van der Waals surface area contributed by atoms with Gasteiger partial charge in [-0.15, -0.1) is 0 Å². The predicted molar refractivity (Wildman–Crippen MR) is 81.3 cm³/mol. The van der Waals surface area contributed by atoms with Crippen molar-refractivity contribution in [1.29, 1.82) is 0 Å². The van der Waals surface area contributed by atoms with Crippen LogP contribution in [0.1, 0.15) is 47.0 Å². The van der Waals surface area contributed by atoms with Crippen LogP contribution in [0.4, 0.5) is 13.2 Å². The molecule has 0 radical (unpaired) electrons. The molecule has 1 rings (SSSR count). The first-order valence-electron chi connectivity index (χ1n) is 8.29. The van der Waals surface area contributed by atoms with Crippen molar-refractivity contribution in [2.45, 2.75) is 59.2 Å². The SMILES string of the molecule is CCNC1CCC(C(C)C)CC1CN(CC)CC(F)(F)F. The third-order valence-corrected chi connectivity index (χ3v) is 4.77. The first-order valence-corrected chi connectivity index (χ1v) is 8.29. The van der Waals surface area contributed by atoms with Crippen LogP contribution in [-0.4, -0.2) is 43.3 Å². The lowest BCUT2D eigenvalue weighted by molar-refractivity contribution is -0.147. The molecule has 3 atom stereocenters. The molecule has 1 saturated carbocycles. The fraction of sp³-hybridized carbons (Fsp3) is 1.00. The molecule has 0 bridgehead atoms. The number of halogens is 3. The molecule has 1 N–H and O–H groups in total. The summed E-state index contributed by atoms with van der Waals surface area (Å²) < 4.78 is 37.9. The maximum absolute atomic E-state index is 12.6. The zero-order valence-corrected chi connectivity index (χ0v) is 13.8. The van der Waals surface area contributed by atoms with E-state index in [9.17, 15) is 13.2 Å². The second kappa shape index (κ2) is 8.37. The molecule has 1 aliphatic rings. The molecule has 5 heteroatoms. The highest BCUT2D eigenvalue weighted by Crippen LogP contribution is 2.34. The van der Waals surface area contributed by atoms with E-state index in [0.29, 0.717) is 36.9 Å². The summed E-state index contributed by atoms with van der Waals surface area (Å²) in [4.78, 5) is 1.55. The highest BCUT2D eigenvalue weighted by molar-refractivity contribution is 4.87. The largest absolute Gasteiger partial charge is 0.401 e. The molecular formula is C16H31F3N2. The van der Waals surface area contributed by atoms with Crippen molar-refractivity contribution >= 4 is 0 Å². The monoisotopic (exact) mass is 308 g/mol. The normalized spacial score (nSPS) is 27.6.